The van der Waals surface area contributed by atoms with Crippen molar-refractivity contribution in [2.24, 2.45) is 5.92 Å². The van der Waals surface area contributed by atoms with Crippen molar-refractivity contribution < 1.29 is 5.11 Å². The first kappa shape index (κ1) is 12.3. The molecule has 1 heterocycles. The van der Waals surface area contributed by atoms with Crippen LogP contribution in [0, 0.1) is 5.92 Å². The van der Waals surface area contributed by atoms with Crippen LogP contribution in [0.1, 0.15) is 37.7 Å². The molecule has 1 aliphatic heterocycles. The summed E-state index contributed by atoms with van der Waals surface area (Å²) in [6.45, 7) is 1.20. The number of aliphatic hydroxyl groups excluding tert-OH is 1. The first-order valence-electron chi connectivity index (χ1n) is 6.95. The third-order valence-corrected chi connectivity index (χ3v) is 4.76. The number of aliphatic hydroxyl groups is 1. The molecular formula is C15H20ClNO. The van der Waals surface area contributed by atoms with Gasteiger partial charge in [-0.3, -0.25) is 0 Å². The number of piperidine rings is 1. The summed E-state index contributed by atoms with van der Waals surface area (Å²) in [7, 11) is 0. The highest BCUT2D eigenvalue weighted by atomic mass is 35.5. The van der Waals surface area contributed by atoms with Gasteiger partial charge in [-0.15, -0.1) is 0 Å². The summed E-state index contributed by atoms with van der Waals surface area (Å²) in [4.78, 5) is 2.50. The van der Waals surface area contributed by atoms with Crippen molar-refractivity contribution >= 4 is 17.3 Å². The lowest BCUT2D eigenvalue weighted by Gasteiger charge is -2.40. The topological polar surface area (TPSA) is 23.5 Å². The van der Waals surface area contributed by atoms with Gasteiger partial charge in [-0.1, -0.05) is 24.1 Å². The number of halogens is 1. The van der Waals surface area contributed by atoms with Crippen molar-refractivity contribution in [2.45, 2.75) is 44.8 Å². The van der Waals surface area contributed by atoms with E-state index < -0.39 is 0 Å². The number of rotatable bonds is 2. The lowest BCUT2D eigenvalue weighted by atomic mass is 9.91. The zero-order valence-electron chi connectivity index (χ0n) is 10.6. The summed E-state index contributed by atoms with van der Waals surface area (Å²) >= 11 is 6.13. The fourth-order valence-electron chi connectivity index (χ4n) is 3.69. The molecule has 1 aliphatic carbocycles. The minimum Gasteiger partial charge on any atom is -0.392 e. The third kappa shape index (κ3) is 2.12. The molecule has 0 bridgehead atoms. The van der Waals surface area contributed by atoms with Gasteiger partial charge in [-0.05, 0) is 43.7 Å². The number of fused-ring (bicyclic) bond motifs is 1. The van der Waals surface area contributed by atoms with Crippen LogP contribution in [0.3, 0.4) is 0 Å². The van der Waals surface area contributed by atoms with E-state index >= 15 is 0 Å². The van der Waals surface area contributed by atoms with Crippen LogP contribution < -0.4 is 4.90 Å². The molecule has 0 radical (unpaired) electrons. The Kier molecular flexibility index (Phi) is 3.49. The van der Waals surface area contributed by atoms with Gasteiger partial charge < -0.3 is 10.0 Å². The summed E-state index contributed by atoms with van der Waals surface area (Å²) < 4.78 is 0. The van der Waals surface area contributed by atoms with Gasteiger partial charge in [0.05, 0.1) is 6.61 Å². The molecule has 2 fully saturated rings. The van der Waals surface area contributed by atoms with E-state index in [2.05, 4.69) is 4.90 Å². The highest BCUT2D eigenvalue weighted by molar-refractivity contribution is 6.30. The van der Waals surface area contributed by atoms with Gasteiger partial charge in [0.15, 0.2) is 0 Å². The standard InChI is InChI=1S/C15H20ClNO/c16-13-7-6-12(10-18)15(9-13)17-8-2-4-11-3-1-5-14(11)17/h6-7,9,11,14,18H,1-5,8,10H2. The fourth-order valence-corrected chi connectivity index (χ4v) is 3.86. The van der Waals surface area contributed by atoms with Crippen LogP contribution in [0.5, 0.6) is 0 Å². The van der Waals surface area contributed by atoms with Crippen LogP contribution in [0.15, 0.2) is 18.2 Å². The Morgan fingerprint density at radius 3 is 2.89 bits per heavy atom. The monoisotopic (exact) mass is 265 g/mol. The Balaban J connectivity index is 1.95. The highest BCUT2D eigenvalue weighted by Crippen LogP contribution is 2.40. The maximum absolute atomic E-state index is 9.51. The summed E-state index contributed by atoms with van der Waals surface area (Å²) in [5.41, 5.74) is 2.16. The van der Waals surface area contributed by atoms with Crippen LogP contribution in [0.4, 0.5) is 5.69 Å². The number of benzene rings is 1. The molecule has 1 N–H and O–H groups in total. The molecule has 2 unspecified atom stereocenters. The molecule has 1 aromatic rings. The Bertz CT molecular complexity index is 435. The van der Waals surface area contributed by atoms with Gasteiger partial charge in [-0.2, -0.15) is 0 Å². The lowest BCUT2D eigenvalue weighted by molar-refractivity contribution is 0.280. The van der Waals surface area contributed by atoms with E-state index in [1.165, 1.54) is 32.1 Å². The van der Waals surface area contributed by atoms with Crippen LogP contribution >= 0.6 is 11.6 Å². The first-order valence-corrected chi connectivity index (χ1v) is 7.33. The Labute approximate surface area is 114 Å². The Morgan fingerprint density at radius 1 is 1.22 bits per heavy atom. The summed E-state index contributed by atoms with van der Waals surface area (Å²) in [6, 6.07) is 6.51. The Morgan fingerprint density at radius 2 is 2.06 bits per heavy atom. The van der Waals surface area contributed by atoms with Gasteiger partial charge >= 0.3 is 0 Å². The minimum absolute atomic E-state index is 0.0976. The van der Waals surface area contributed by atoms with Crippen LogP contribution in [0.2, 0.25) is 5.02 Å². The van der Waals surface area contributed by atoms with Crippen molar-refractivity contribution in [2.75, 3.05) is 11.4 Å². The second-order valence-electron chi connectivity index (χ2n) is 5.53. The zero-order valence-corrected chi connectivity index (χ0v) is 11.4. The second kappa shape index (κ2) is 5.10. The van der Waals surface area contributed by atoms with E-state index in [0.717, 1.165) is 28.7 Å². The quantitative estimate of drug-likeness (QED) is 0.883. The number of hydrogen-bond acceptors (Lipinski definition) is 2. The number of nitrogens with zero attached hydrogens (tertiary/aromatic N) is 1. The molecule has 2 nitrogen and oxygen atoms in total. The minimum atomic E-state index is 0.0976. The lowest BCUT2D eigenvalue weighted by Crippen LogP contribution is -2.43. The van der Waals surface area contributed by atoms with E-state index in [1.54, 1.807) is 0 Å². The van der Waals surface area contributed by atoms with E-state index in [9.17, 15) is 5.11 Å². The predicted molar refractivity (Wildman–Crippen MR) is 75.1 cm³/mol. The van der Waals surface area contributed by atoms with Crippen molar-refractivity contribution in [3.8, 4) is 0 Å². The highest BCUT2D eigenvalue weighted by Gasteiger charge is 2.35. The molecule has 18 heavy (non-hydrogen) atoms. The summed E-state index contributed by atoms with van der Waals surface area (Å²) in [6.07, 6.45) is 6.65. The van der Waals surface area contributed by atoms with Crippen molar-refractivity contribution in [1.82, 2.24) is 0 Å². The third-order valence-electron chi connectivity index (χ3n) is 4.52. The molecule has 0 aromatic heterocycles. The molecule has 2 atom stereocenters. The maximum Gasteiger partial charge on any atom is 0.0702 e. The zero-order chi connectivity index (χ0) is 12.5. The average Bonchev–Trinajstić information content (AvgIpc) is 2.86. The fraction of sp³-hybridized carbons (Fsp3) is 0.600. The summed E-state index contributed by atoms with van der Waals surface area (Å²) in [5.74, 6) is 0.851. The molecule has 0 amide bonds. The average molecular weight is 266 g/mol. The van der Waals surface area contributed by atoms with E-state index in [4.69, 9.17) is 11.6 Å². The number of anilines is 1. The van der Waals surface area contributed by atoms with Gasteiger partial charge in [0.25, 0.3) is 0 Å². The van der Waals surface area contributed by atoms with Crippen molar-refractivity contribution in [3.63, 3.8) is 0 Å². The Hall–Kier alpha value is -0.730. The maximum atomic E-state index is 9.51. The van der Waals surface area contributed by atoms with Gasteiger partial charge in [0.2, 0.25) is 0 Å². The largest absolute Gasteiger partial charge is 0.392 e. The molecule has 3 rings (SSSR count). The molecule has 98 valence electrons. The molecule has 1 saturated carbocycles. The molecule has 2 aliphatic rings. The molecular weight excluding hydrogens is 246 g/mol. The van der Waals surface area contributed by atoms with Crippen LogP contribution in [-0.2, 0) is 6.61 Å². The van der Waals surface area contributed by atoms with Crippen LogP contribution in [-0.4, -0.2) is 17.7 Å². The smallest absolute Gasteiger partial charge is 0.0702 e. The molecule has 3 heteroatoms. The number of hydrogen-bond donors (Lipinski definition) is 1. The van der Waals surface area contributed by atoms with Gasteiger partial charge in [0.1, 0.15) is 0 Å². The van der Waals surface area contributed by atoms with Gasteiger partial charge in [0, 0.05) is 28.9 Å². The van der Waals surface area contributed by atoms with E-state index in [0.29, 0.717) is 6.04 Å². The van der Waals surface area contributed by atoms with Gasteiger partial charge in [-0.25, -0.2) is 0 Å². The molecule has 0 spiro atoms. The first-order chi connectivity index (χ1) is 8.79. The summed E-state index contributed by atoms with van der Waals surface area (Å²) in [5, 5.41) is 10.3. The van der Waals surface area contributed by atoms with Crippen molar-refractivity contribution in [3.05, 3.63) is 28.8 Å². The normalized spacial score (nSPS) is 27.3. The second-order valence-corrected chi connectivity index (χ2v) is 5.96. The SMILES string of the molecule is OCc1ccc(Cl)cc1N1CCCC2CCCC21. The van der Waals surface area contributed by atoms with E-state index in [1.807, 2.05) is 18.2 Å². The van der Waals surface area contributed by atoms with Crippen LogP contribution in [0.25, 0.3) is 0 Å². The van der Waals surface area contributed by atoms with Crippen molar-refractivity contribution in [1.29, 1.82) is 0 Å². The molecule has 1 saturated heterocycles. The predicted octanol–water partition coefficient (Wildman–Crippen LogP) is 3.60. The molecule has 1 aromatic carbocycles. The van der Waals surface area contributed by atoms with E-state index in [-0.39, 0.29) is 6.61 Å².